The Morgan fingerprint density at radius 1 is 1.50 bits per heavy atom. The number of hydrogen-bond acceptors (Lipinski definition) is 2. The summed E-state index contributed by atoms with van der Waals surface area (Å²) in [6.45, 7) is 0. The molecule has 0 saturated carbocycles. The average Bonchev–Trinajstić information content (AvgIpc) is 2.15. The fourth-order valence-electron chi connectivity index (χ4n) is 0.910. The molecular weight excluding hydrogens is 225 g/mol. The van der Waals surface area contributed by atoms with Gasteiger partial charge in [0.2, 0.25) is 0 Å². The van der Waals surface area contributed by atoms with Crippen molar-refractivity contribution in [2.24, 2.45) is 0 Å². The van der Waals surface area contributed by atoms with Gasteiger partial charge in [-0.15, -0.1) is 11.6 Å². The zero-order valence-corrected chi connectivity index (χ0v) is 8.47. The van der Waals surface area contributed by atoms with Crippen LogP contribution in [0, 0.1) is 22.0 Å². The van der Waals surface area contributed by atoms with E-state index in [0.717, 1.165) is 0 Å². The van der Waals surface area contributed by atoms with Crippen LogP contribution in [0.15, 0.2) is 18.2 Å². The van der Waals surface area contributed by atoms with Gasteiger partial charge in [-0.3, -0.25) is 10.1 Å². The molecule has 0 aliphatic rings. The van der Waals surface area contributed by atoms with E-state index in [1.165, 1.54) is 12.1 Å². The summed E-state index contributed by atoms with van der Waals surface area (Å²) >= 11 is 11.1. The summed E-state index contributed by atoms with van der Waals surface area (Å²) in [5.74, 6) is 5.20. The first-order valence-electron chi connectivity index (χ1n) is 3.64. The molecular formula is C9H5Cl2NO2. The second-order valence-electron chi connectivity index (χ2n) is 2.33. The Balaban J connectivity index is 3.29. The van der Waals surface area contributed by atoms with Gasteiger partial charge in [0.1, 0.15) is 5.56 Å². The molecule has 0 aromatic heterocycles. The first kappa shape index (κ1) is 10.8. The van der Waals surface area contributed by atoms with Crippen LogP contribution in [0.5, 0.6) is 0 Å². The van der Waals surface area contributed by atoms with Crippen LogP contribution in [0.3, 0.4) is 0 Å². The van der Waals surface area contributed by atoms with Gasteiger partial charge in [-0.25, -0.2) is 0 Å². The van der Waals surface area contributed by atoms with E-state index in [1.54, 1.807) is 6.07 Å². The molecule has 0 spiro atoms. The Hall–Kier alpha value is -1.24. The summed E-state index contributed by atoms with van der Waals surface area (Å²) in [6.07, 6.45) is 0. The molecule has 0 heterocycles. The maximum atomic E-state index is 10.6. The maximum Gasteiger partial charge on any atom is 0.286 e. The van der Waals surface area contributed by atoms with Crippen LogP contribution in [0.25, 0.3) is 0 Å². The van der Waals surface area contributed by atoms with Gasteiger partial charge in [-0.1, -0.05) is 29.5 Å². The molecule has 1 rings (SSSR count). The van der Waals surface area contributed by atoms with Crippen molar-refractivity contribution in [1.29, 1.82) is 0 Å². The highest BCUT2D eigenvalue weighted by atomic mass is 35.5. The fourth-order valence-corrected chi connectivity index (χ4v) is 1.19. The van der Waals surface area contributed by atoms with Crippen molar-refractivity contribution < 1.29 is 4.92 Å². The predicted octanol–water partition coefficient (Wildman–Crippen LogP) is 2.84. The van der Waals surface area contributed by atoms with Crippen LogP contribution in [0.4, 0.5) is 5.69 Å². The van der Waals surface area contributed by atoms with E-state index in [4.69, 9.17) is 23.2 Å². The van der Waals surface area contributed by atoms with Gasteiger partial charge in [0.15, 0.2) is 0 Å². The third-order valence-electron chi connectivity index (χ3n) is 1.47. The highest BCUT2D eigenvalue weighted by Crippen LogP contribution is 2.24. The van der Waals surface area contributed by atoms with Crippen molar-refractivity contribution in [3.8, 4) is 11.8 Å². The van der Waals surface area contributed by atoms with E-state index in [9.17, 15) is 10.1 Å². The normalized spacial score (nSPS) is 9.00. The maximum absolute atomic E-state index is 10.6. The van der Waals surface area contributed by atoms with Gasteiger partial charge in [-0.2, -0.15) is 0 Å². The van der Waals surface area contributed by atoms with Crippen molar-refractivity contribution >= 4 is 28.9 Å². The minimum Gasteiger partial charge on any atom is -0.258 e. The fraction of sp³-hybridized carbons (Fsp3) is 0.111. The molecule has 0 saturated heterocycles. The number of rotatable bonds is 1. The minimum atomic E-state index is -0.524. The minimum absolute atomic E-state index is 0.102. The van der Waals surface area contributed by atoms with E-state index >= 15 is 0 Å². The van der Waals surface area contributed by atoms with E-state index in [2.05, 4.69) is 11.8 Å². The zero-order chi connectivity index (χ0) is 10.6. The second kappa shape index (κ2) is 4.85. The first-order chi connectivity index (χ1) is 6.66. The van der Waals surface area contributed by atoms with E-state index in [0.29, 0.717) is 0 Å². The van der Waals surface area contributed by atoms with Crippen molar-refractivity contribution in [3.05, 3.63) is 38.9 Å². The highest BCUT2D eigenvalue weighted by molar-refractivity contribution is 6.32. The third-order valence-corrected chi connectivity index (χ3v) is 1.92. The summed E-state index contributed by atoms with van der Waals surface area (Å²) in [5.41, 5.74) is 0.106. The Bertz CT molecular complexity index is 421. The number of benzene rings is 1. The van der Waals surface area contributed by atoms with Crippen LogP contribution < -0.4 is 0 Å². The Morgan fingerprint density at radius 3 is 2.79 bits per heavy atom. The van der Waals surface area contributed by atoms with Crippen molar-refractivity contribution in [1.82, 2.24) is 0 Å². The molecule has 0 aliphatic carbocycles. The van der Waals surface area contributed by atoms with Crippen LogP contribution in [-0.4, -0.2) is 10.8 Å². The van der Waals surface area contributed by atoms with Gasteiger partial charge in [-0.05, 0) is 6.07 Å². The average molecular weight is 230 g/mol. The van der Waals surface area contributed by atoms with Gasteiger partial charge in [0.25, 0.3) is 5.69 Å². The second-order valence-corrected chi connectivity index (χ2v) is 3.00. The lowest BCUT2D eigenvalue weighted by Gasteiger charge is -1.96. The number of alkyl halides is 1. The monoisotopic (exact) mass is 229 g/mol. The molecule has 72 valence electrons. The lowest BCUT2D eigenvalue weighted by Crippen LogP contribution is -1.92. The van der Waals surface area contributed by atoms with Gasteiger partial charge >= 0.3 is 0 Å². The molecule has 0 bridgehead atoms. The molecule has 0 fully saturated rings. The van der Waals surface area contributed by atoms with Crippen molar-refractivity contribution in [3.63, 3.8) is 0 Å². The van der Waals surface area contributed by atoms with Crippen molar-refractivity contribution in [2.75, 3.05) is 5.88 Å². The SMILES string of the molecule is O=[N+]([O-])c1cccc(Cl)c1C#CCCl. The van der Waals surface area contributed by atoms with Crippen molar-refractivity contribution in [2.45, 2.75) is 0 Å². The Kier molecular flexibility index (Phi) is 3.75. The molecule has 0 amide bonds. The predicted molar refractivity (Wildman–Crippen MR) is 55.7 cm³/mol. The largest absolute Gasteiger partial charge is 0.286 e. The van der Waals surface area contributed by atoms with Crippen LogP contribution in [0.2, 0.25) is 5.02 Å². The third kappa shape index (κ3) is 2.38. The van der Waals surface area contributed by atoms with Gasteiger partial charge in [0.05, 0.1) is 15.8 Å². The summed E-state index contributed by atoms with van der Waals surface area (Å²) in [6, 6.07) is 4.41. The molecule has 0 aliphatic heterocycles. The van der Waals surface area contributed by atoms with E-state index < -0.39 is 4.92 Å². The summed E-state index contributed by atoms with van der Waals surface area (Å²) in [4.78, 5) is 10.1. The Labute approximate surface area is 90.8 Å². The highest BCUT2D eigenvalue weighted by Gasteiger charge is 2.13. The molecule has 0 radical (unpaired) electrons. The summed E-state index contributed by atoms with van der Waals surface area (Å²) < 4.78 is 0. The topological polar surface area (TPSA) is 43.1 Å². The standard InChI is InChI=1S/C9H5Cl2NO2/c10-6-2-3-7-8(11)4-1-5-9(7)12(13)14/h1,4-5H,6H2. The molecule has 0 unspecified atom stereocenters. The smallest absolute Gasteiger partial charge is 0.258 e. The van der Waals surface area contributed by atoms with E-state index in [1.807, 2.05) is 0 Å². The molecule has 1 aromatic carbocycles. The van der Waals surface area contributed by atoms with Crippen LogP contribution in [-0.2, 0) is 0 Å². The van der Waals surface area contributed by atoms with Crippen LogP contribution in [0.1, 0.15) is 5.56 Å². The quantitative estimate of drug-likeness (QED) is 0.322. The van der Waals surface area contributed by atoms with Gasteiger partial charge in [0, 0.05) is 6.07 Å². The number of nitrogens with zero attached hydrogens (tertiary/aromatic N) is 1. The first-order valence-corrected chi connectivity index (χ1v) is 4.56. The molecule has 0 atom stereocenters. The van der Waals surface area contributed by atoms with Crippen LogP contribution >= 0.6 is 23.2 Å². The molecule has 1 aromatic rings. The summed E-state index contributed by atoms with van der Waals surface area (Å²) in [5, 5.41) is 10.8. The molecule has 14 heavy (non-hydrogen) atoms. The number of halogens is 2. The lowest BCUT2D eigenvalue weighted by molar-refractivity contribution is -0.385. The molecule has 0 N–H and O–H groups in total. The Morgan fingerprint density at radius 2 is 2.21 bits per heavy atom. The number of hydrogen-bond donors (Lipinski definition) is 0. The number of nitro benzene ring substituents is 1. The lowest BCUT2D eigenvalue weighted by atomic mass is 10.2. The van der Waals surface area contributed by atoms with E-state index in [-0.39, 0.29) is 22.2 Å². The summed E-state index contributed by atoms with van der Waals surface area (Å²) in [7, 11) is 0. The molecule has 3 nitrogen and oxygen atoms in total. The van der Waals surface area contributed by atoms with Gasteiger partial charge < -0.3 is 0 Å². The zero-order valence-electron chi connectivity index (χ0n) is 6.96. The number of nitro groups is 1. The molecule has 5 heteroatoms.